The lowest BCUT2D eigenvalue weighted by atomic mass is 9.84. The minimum absolute atomic E-state index is 0.0496. The van der Waals surface area contributed by atoms with Crippen LogP contribution in [0.1, 0.15) is 42.1 Å². The van der Waals surface area contributed by atoms with E-state index in [1.165, 1.54) is 0 Å². The summed E-state index contributed by atoms with van der Waals surface area (Å²) in [6.45, 7) is -0.225. The number of hydrogen-bond acceptors (Lipinski definition) is 9. The normalized spacial score (nSPS) is 17.5. The highest BCUT2D eigenvalue weighted by molar-refractivity contribution is 7.85. The zero-order valence-corrected chi connectivity index (χ0v) is 19.6. The number of fused-ring (bicyclic) bond motifs is 2. The van der Waals surface area contributed by atoms with Crippen LogP contribution < -0.4 is 9.64 Å². The highest BCUT2D eigenvalue weighted by atomic mass is 32.2. The highest BCUT2D eigenvalue weighted by Gasteiger charge is 2.29. The minimum atomic E-state index is -3.60. The van der Waals surface area contributed by atoms with Gasteiger partial charge < -0.3 is 14.7 Å². The molecule has 2 heterocycles. The number of ether oxygens (including phenoxy) is 1. The molecule has 0 saturated heterocycles. The number of pyridine rings is 1. The van der Waals surface area contributed by atoms with Gasteiger partial charge in [-0.25, -0.2) is 14.6 Å². The van der Waals surface area contributed by atoms with Gasteiger partial charge in [0.15, 0.2) is 0 Å². The van der Waals surface area contributed by atoms with Crippen molar-refractivity contribution in [1.82, 2.24) is 4.98 Å². The zero-order valence-electron chi connectivity index (χ0n) is 18.8. The minimum Gasteiger partial charge on any atom is -0.475 e. The predicted octanol–water partition coefficient (Wildman–Crippen LogP) is 2.24. The van der Waals surface area contributed by atoms with Crippen molar-refractivity contribution in [3.05, 3.63) is 46.8 Å². The molecule has 1 unspecified atom stereocenters. The van der Waals surface area contributed by atoms with Gasteiger partial charge in [0.25, 0.3) is 10.1 Å². The Morgan fingerprint density at radius 3 is 2.71 bits per heavy atom. The van der Waals surface area contributed by atoms with Gasteiger partial charge in [-0.1, -0.05) is 6.07 Å². The average molecular weight is 485 g/mol. The lowest BCUT2D eigenvalue weighted by Gasteiger charge is -2.32. The molecule has 0 fully saturated rings. The van der Waals surface area contributed by atoms with Crippen LogP contribution in [0.25, 0.3) is 16.7 Å². The third kappa shape index (κ3) is 4.68. The first-order chi connectivity index (χ1) is 16.2. The number of benzene rings is 1. The molecule has 4 rings (SSSR count). The molecule has 178 valence electrons. The number of rotatable bonds is 6. The van der Waals surface area contributed by atoms with Crippen molar-refractivity contribution in [2.75, 3.05) is 31.4 Å². The van der Waals surface area contributed by atoms with E-state index in [4.69, 9.17) is 8.92 Å². The first-order valence-electron chi connectivity index (χ1n) is 10.8. The molecule has 1 aliphatic carbocycles. The molecule has 1 N–H and O–H groups in total. The van der Waals surface area contributed by atoms with Gasteiger partial charge >= 0.3 is 0 Å². The molecule has 0 amide bonds. The van der Waals surface area contributed by atoms with Gasteiger partial charge in [-0.2, -0.15) is 8.42 Å². The SMILES string of the molecule is CN1C(=C=O)CC(O)c2cc(-c3c(OCCOS(C)(=O)=O)ncc4c3CCCC4=C=O)ccc21. The van der Waals surface area contributed by atoms with Crippen molar-refractivity contribution in [3.8, 4) is 17.0 Å². The van der Waals surface area contributed by atoms with E-state index in [0.29, 0.717) is 46.5 Å². The van der Waals surface area contributed by atoms with Crippen molar-refractivity contribution in [2.24, 2.45) is 0 Å². The Kier molecular flexibility index (Phi) is 6.70. The topological polar surface area (TPSA) is 123 Å². The summed E-state index contributed by atoms with van der Waals surface area (Å²) in [6.07, 6.45) is 3.85. The zero-order chi connectivity index (χ0) is 24.5. The lowest BCUT2D eigenvalue weighted by Crippen LogP contribution is -2.25. The Bertz CT molecular complexity index is 1340. The molecule has 0 radical (unpaired) electrons. The maximum absolute atomic E-state index is 11.5. The standard InChI is InChI=1S/C24H24N2O7S/c1-26-17(14-28)11-22(29)19-10-15(6-7-21(19)26)23-18-5-3-4-16(13-27)20(18)12-25-24(23)32-8-9-33-34(2,30)31/h6-7,10,12,22,29H,3-5,8-9,11H2,1-2H3. The van der Waals surface area contributed by atoms with Crippen LogP contribution in [-0.4, -0.2) is 56.9 Å². The van der Waals surface area contributed by atoms with E-state index in [1.807, 2.05) is 24.0 Å². The molecule has 10 heteroatoms. The number of hydrogen-bond donors (Lipinski definition) is 1. The van der Waals surface area contributed by atoms with Crippen LogP contribution in [0.4, 0.5) is 5.69 Å². The average Bonchev–Trinajstić information content (AvgIpc) is 2.82. The second kappa shape index (κ2) is 9.54. The molecule has 2 aromatic rings. The highest BCUT2D eigenvalue weighted by Crippen LogP contribution is 2.44. The van der Waals surface area contributed by atoms with Crippen molar-refractivity contribution >= 4 is 33.3 Å². The lowest BCUT2D eigenvalue weighted by molar-refractivity contribution is 0.174. The quantitative estimate of drug-likeness (QED) is 0.373. The van der Waals surface area contributed by atoms with Crippen molar-refractivity contribution in [2.45, 2.75) is 31.8 Å². The number of allylic oxidation sites excluding steroid dienone is 1. The molecule has 0 bridgehead atoms. The number of aliphatic hydroxyl groups is 1. The molecule has 0 saturated carbocycles. The first-order valence-corrected chi connectivity index (χ1v) is 12.6. The summed E-state index contributed by atoms with van der Waals surface area (Å²) in [5.41, 5.74) is 5.21. The van der Waals surface area contributed by atoms with E-state index in [1.54, 1.807) is 24.2 Å². The molecule has 1 aromatic carbocycles. The smallest absolute Gasteiger partial charge is 0.264 e. The molecule has 9 nitrogen and oxygen atoms in total. The van der Waals surface area contributed by atoms with Crippen molar-refractivity contribution < 1.29 is 32.0 Å². The monoisotopic (exact) mass is 484 g/mol. The Morgan fingerprint density at radius 1 is 1.21 bits per heavy atom. The summed E-state index contributed by atoms with van der Waals surface area (Å²) >= 11 is 0. The van der Waals surface area contributed by atoms with Crippen molar-refractivity contribution in [3.63, 3.8) is 0 Å². The number of aliphatic hydroxyl groups excluding tert-OH is 1. The summed E-state index contributed by atoms with van der Waals surface area (Å²) in [7, 11) is -1.86. The summed E-state index contributed by atoms with van der Waals surface area (Å²) < 4.78 is 33.1. The molecule has 1 aromatic heterocycles. The summed E-state index contributed by atoms with van der Waals surface area (Å²) in [5, 5.41) is 10.7. The van der Waals surface area contributed by atoms with Gasteiger partial charge in [-0.3, -0.25) is 4.18 Å². The molecular formula is C24H24N2O7S. The van der Waals surface area contributed by atoms with E-state index in [-0.39, 0.29) is 25.5 Å². The summed E-state index contributed by atoms with van der Waals surface area (Å²) in [5.74, 6) is 4.17. The van der Waals surface area contributed by atoms with Gasteiger partial charge in [-0.15, -0.1) is 0 Å². The Morgan fingerprint density at radius 2 is 2.00 bits per heavy atom. The Labute approximate surface area is 197 Å². The van der Waals surface area contributed by atoms with Crippen LogP contribution in [0.15, 0.2) is 30.1 Å². The second-order valence-corrected chi connectivity index (χ2v) is 9.88. The van der Waals surface area contributed by atoms with Crippen LogP contribution in [0.5, 0.6) is 5.88 Å². The van der Waals surface area contributed by atoms with Gasteiger partial charge in [0.1, 0.15) is 30.8 Å². The largest absolute Gasteiger partial charge is 0.475 e. The summed E-state index contributed by atoms with van der Waals surface area (Å²) in [6, 6.07) is 5.47. The van der Waals surface area contributed by atoms with E-state index < -0.39 is 16.2 Å². The summed E-state index contributed by atoms with van der Waals surface area (Å²) in [4.78, 5) is 28.9. The van der Waals surface area contributed by atoms with E-state index in [9.17, 15) is 23.1 Å². The molecule has 0 spiro atoms. The Hall–Kier alpha value is -3.26. The third-order valence-electron chi connectivity index (χ3n) is 6.02. The van der Waals surface area contributed by atoms with Gasteiger partial charge in [0, 0.05) is 47.6 Å². The third-order valence-corrected chi connectivity index (χ3v) is 6.61. The van der Waals surface area contributed by atoms with Crippen molar-refractivity contribution in [1.29, 1.82) is 0 Å². The fourth-order valence-electron chi connectivity index (χ4n) is 4.43. The van der Waals surface area contributed by atoms with E-state index >= 15 is 0 Å². The number of anilines is 1. The Balaban J connectivity index is 1.80. The van der Waals surface area contributed by atoms with Gasteiger partial charge in [0.2, 0.25) is 5.88 Å². The predicted molar refractivity (Wildman–Crippen MR) is 125 cm³/mol. The molecule has 2 aliphatic rings. The van der Waals surface area contributed by atoms with Crippen LogP contribution in [0.3, 0.4) is 0 Å². The van der Waals surface area contributed by atoms with E-state index in [0.717, 1.165) is 23.8 Å². The fourth-order valence-corrected chi connectivity index (χ4v) is 4.80. The van der Waals surface area contributed by atoms with Crippen LogP contribution in [0.2, 0.25) is 0 Å². The van der Waals surface area contributed by atoms with Crippen LogP contribution in [-0.2, 0) is 30.3 Å². The number of carbonyl (C=O) groups excluding carboxylic acids is 2. The van der Waals surface area contributed by atoms with Crippen LogP contribution in [0, 0.1) is 0 Å². The molecule has 1 aliphatic heterocycles. The van der Waals surface area contributed by atoms with E-state index in [2.05, 4.69) is 4.98 Å². The van der Waals surface area contributed by atoms with Gasteiger partial charge in [-0.05, 0) is 42.5 Å². The molecule has 34 heavy (non-hydrogen) atoms. The molecular weight excluding hydrogens is 460 g/mol. The fraction of sp³-hybridized carbons (Fsp3) is 0.375. The maximum atomic E-state index is 11.5. The number of aromatic nitrogens is 1. The first kappa shape index (κ1) is 23.9. The number of nitrogens with zero attached hydrogens (tertiary/aromatic N) is 2. The maximum Gasteiger partial charge on any atom is 0.264 e. The molecule has 1 atom stereocenters. The second-order valence-electron chi connectivity index (χ2n) is 8.24. The van der Waals surface area contributed by atoms with Crippen LogP contribution >= 0.6 is 0 Å². The van der Waals surface area contributed by atoms with Gasteiger partial charge in [0.05, 0.1) is 12.4 Å².